The van der Waals surface area contributed by atoms with Gasteiger partial charge in [0.2, 0.25) is 5.91 Å². The maximum atomic E-state index is 13.6. The molecule has 0 saturated carbocycles. The monoisotopic (exact) mass is 353 g/mol. The van der Waals surface area contributed by atoms with Gasteiger partial charge in [-0.25, -0.2) is 4.39 Å². The zero-order valence-corrected chi connectivity index (χ0v) is 14.2. The van der Waals surface area contributed by atoms with Gasteiger partial charge in [-0.3, -0.25) is 4.79 Å². The number of hydrogen-bond donors (Lipinski definition) is 1. The maximum absolute atomic E-state index is 13.6. The Hall–Kier alpha value is -3.55. The third-order valence-electron chi connectivity index (χ3n) is 3.62. The van der Waals surface area contributed by atoms with Crippen LogP contribution < -0.4 is 10.1 Å². The Morgan fingerprint density at radius 2 is 2.08 bits per heavy atom. The summed E-state index contributed by atoms with van der Waals surface area (Å²) >= 11 is 0. The molecule has 1 aromatic heterocycles. The van der Waals surface area contributed by atoms with E-state index in [1.54, 1.807) is 43.3 Å². The molecule has 2 aromatic carbocycles. The Labute approximate surface area is 149 Å². The van der Waals surface area contributed by atoms with E-state index in [1.807, 2.05) is 0 Å². The molecule has 0 saturated heterocycles. The molecule has 0 fully saturated rings. The van der Waals surface area contributed by atoms with Crippen molar-refractivity contribution in [1.29, 1.82) is 0 Å². The molecule has 0 aliphatic carbocycles. The molecule has 1 heterocycles. The highest BCUT2D eigenvalue weighted by molar-refractivity contribution is 6.02. The fraction of sp³-hybridized carbons (Fsp3) is 0.111. The number of tetrazole rings is 1. The number of ether oxygens (including phenoxy) is 1. The molecule has 1 amide bonds. The molecule has 0 atom stereocenters. The summed E-state index contributed by atoms with van der Waals surface area (Å²) in [5.74, 6) is 0.349. The van der Waals surface area contributed by atoms with Gasteiger partial charge in [0.25, 0.3) is 0 Å². The lowest BCUT2D eigenvalue weighted by Crippen LogP contribution is -2.09. The van der Waals surface area contributed by atoms with Crippen LogP contribution in [0.4, 0.5) is 10.1 Å². The number of carbonyl (C=O) groups excluding carboxylic acids is 1. The van der Waals surface area contributed by atoms with Crippen LogP contribution in [0.3, 0.4) is 0 Å². The number of hydrogen-bond acceptors (Lipinski definition) is 5. The number of rotatable bonds is 5. The summed E-state index contributed by atoms with van der Waals surface area (Å²) in [6.07, 6.45) is 2.69. The summed E-state index contributed by atoms with van der Waals surface area (Å²) in [7, 11) is 1.54. The minimum Gasteiger partial charge on any atom is -0.494 e. The Morgan fingerprint density at radius 3 is 2.77 bits per heavy atom. The predicted molar refractivity (Wildman–Crippen MR) is 94.5 cm³/mol. The van der Waals surface area contributed by atoms with Crippen molar-refractivity contribution in [3.63, 3.8) is 0 Å². The largest absolute Gasteiger partial charge is 0.494 e. The zero-order valence-electron chi connectivity index (χ0n) is 14.2. The number of benzene rings is 2. The molecule has 0 aliphatic heterocycles. The van der Waals surface area contributed by atoms with E-state index >= 15 is 0 Å². The normalized spacial score (nSPS) is 10.9. The lowest BCUT2D eigenvalue weighted by molar-refractivity contribution is -0.111. The molecular formula is C18H16FN5O2. The van der Waals surface area contributed by atoms with E-state index in [1.165, 1.54) is 30.0 Å². The quantitative estimate of drug-likeness (QED) is 0.713. The molecule has 0 bridgehead atoms. The van der Waals surface area contributed by atoms with Crippen molar-refractivity contribution < 1.29 is 13.9 Å². The molecule has 8 heteroatoms. The lowest BCUT2D eigenvalue weighted by atomic mass is 10.2. The van der Waals surface area contributed by atoms with Crippen molar-refractivity contribution in [3.05, 3.63) is 65.7 Å². The van der Waals surface area contributed by atoms with Gasteiger partial charge >= 0.3 is 0 Å². The number of carbonyl (C=O) groups is 1. The fourth-order valence-electron chi connectivity index (χ4n) is 2.35. The molecule has 26 heavy (non-hydrogen) atoms. The Morgan fingerprint density at radius 1 is 1.27 bits per heavy atom. The van der Waals surface area contributed by atoms with E-state index in [9.17, 15) is 9.18 Å². The number of amides is 1. The van der Waals surface area contributed by atoms with Gasteiger partial charge in [-0.1, -0.05) is 18.2 Å². The second-order valence-electron chi connectivity index (χ2n) is 5.37. The number of aryl methyl sites for hydroxylation is 1. The Balaban J connectivity index is 1.81. The third kappa shape index (κ3) is 3.75. The van der Waals surface area contributed by atoms with Crippen LogP contribution >= 0.6 is 0 Å². The van der Waals surface area contributed by atoms with Crippen molar-refractivity contribution in [3.8, 4) is 11.4 Å². The van der Waals surface area contributed by atoms with Crippen LogP contribution in [0.15, 0.2) is 48.5 Å². The number of halogens is 1. The molecule has 7 nitrogen and oxygen atoms in total. The van der Waals surface area contributed by atoms with E-state index in [-0.39, 0.29) is 0 Å². The first kappa shape index (κ1) is 17.3. The fourth-order valence-corrected chi connectivity index (χ4v) is 2.35. The van der Waals surface area contributed by atoms with Gasteiger partial charge < -0.3 is 10.1 Å². The van der Waals surface area contributed by atoms with Gasteiger partial charge in [-0.05, 0) is 47.7 Å². The summed E-state index contributed by atoms with van der Waals surface area (Å²) in [6.45, 7) is 1.75. The summed E-state index contributed by atoms with van der Waals surface area (Å²) in [6, 6.07) is 11.3. The number of anilines is 1. The topological polar surface area (TPSA) is 81.9 Å². The standard InChI is InChI=1S/C18H16FN5O2/c1-12-21-22-23-24(12)16-11-14(8-9-17(16)26-2)20-18(25)10-7-13-5-3-4-6-15(13)19/h3-11H,1-2H3,(H,20,25)/b10-7+. The van der Waals surface area contributed by atoms with Crippen LogP contribution in [0.5, 0.6) is 5.75 Å². The van der Waals surface area contributed by atoms with Crippen LogP contribution in [0.1, 0.15) is 11.4 Å². The van der Waals surface area contributed by atoms with Crippen molar-refractivity contribution in [1.82, 2.24) is 20.2 Å². The van der Waals surface area contributed by atoms with Crippen molar-refractivity contribution >= 4 is 17.7 Å². The summed E-state index contributed by atoms with van der Waals surface area (Å²) < 4.78 is 20.4. The average molecular weight is 353 g/mol. The van der Waals surface area contributed by atoms with Gasteiger partial charge in [0.15, 0.2) is 5.82 Å². The van der Waals surface area contributed by atoms with Crippen molar-refractivity contribution in [2.24, 2.45) is 0 Å². The van der Waals surface area contributed by atoms with E-state index in [0.717, 1.165) is 0 Å². The van der Waals surface area contributed by atoms with Gasteiger partial charge in [0.1, 0.15) is 17.3 Å². The second-order valence-corrected chi connectivity index (χ2v) is 5.37. The van der Waals surface area contributed by atoms with E-state index in [0.29, 0.717) is 28.5 Å². The highest BCUT2D eigenvalue weighted by Gasteiger charge is 2.12. The first-order chi connectivity index (χ1) is 12.6. The first-order valence-electron chi connectivity index (χ1n) is 7.75. The number of nitrogens with one attached hydrogen (secondary N) is 1. The maximum Gasteiger partial charge on any atom is 0.248 e. The highest BCUT2D eigenvalue weighted by Crippen LogP contribution is 2.26. The Bertz CT molecular complexity index is 968. The molecule has 1 N–H and O–H groups in total. The number of aromatic nitrogens is 4. The number of methoxy groups -OCH3 is 1. The van der Waals surface area contributed by atoms with Gasteiger partial charge in [0.05, 0.1) is 7.11 Å². The number of nitrogens with zero attached hydrogens (tertiary/aromatic N) is 4. The first-order valence-corrected chi connectivity index (χ1v) is 7.75. The van der Waals surface area contributed by atoms with Crippen LogP contribution in [-0.2, 0) is 4.79 Å². The Kier molecular flexibility index (Phi) is 5.02. The molecule has 132 valence electrons. The SMILES string of the molecule is COc1ccc(NC(=O)/C=C/c2ccccc2F)cc1-n1nnnc1C. The van der Waals surface area contributed by atoms with Gasteiger partial charge in [-0.15, -0.1) is 5.10 Å². The molecular weight excluding hydrogens is 337 g/mol. The van der Waals surface area contributed by atoms with Crippen molar-refractivity contribution in [2.75, 3.05) is 12.4 Å². The molecule has 0 unspecified atom stereocenters. The van der Waals surface area contributed by atoms with Crippen LogP contribution in [0.25, 0.3) is 11.8 Å². The van der Waals surface area contributed by atoms with E-state index < -0.39 is 11.7 Å². The van der Waals surface area contributed by atoms with Gasteiger partial charge in [0, 0.05) is 17.3 Å². The molecule has 3 aromatic rings. The smallest absolute Gasteiger partial charge is 0.248 e. The van der Waals surface area contributed by atoms with Gasteiger partial charge in [-0.2, -0.15) is 4.68 Å². The van der Waals surface area contributed by atoms with Crippen LogP contribution in [0, 0.1) is 12.7 Å². The summed E-state index contributed by atoms with van der Waals surface area (Å²) in [5, 5.41) is 14.1. The summed E-state index contributed by atoms with van der Waals surface area (Å²) in [4.78, 5) is 12.1. The van der Waals surface area contributed by atoms with Crippen molar-refractivity contribution in [2.45, 2.75) is 6.92 Å². The lowest BCUT2D eigenvalue weighted by Gasteiger charge is -2.11. The van der Waals surface area contributed by atoms with E-state index in [2.05, 4.69) is 20.8 Å². The van der Waals surface area contributed by atoms with Crippen LogP contribution in [0.2, 0.25) is 0 Å². The highest BCUT2D eigenvalue weighted by atomic mass is 19.1. The average Bonchev–Trinajstić information content (AvgIpc) is 3.07. The third-order valence-corrected chi connectivity index (χ3v) is 3.62. The summed E-state index contributed by atoms with van der Waals surface area (Å²) in [5.41, 5.74) is 1.45. The molecule has 0 aliphatic rings. The predicted octanol–water partition coefficient (Wildman–Crippen LogP) is 2.77. The zero-order chi connectivity index (χ0) is 18.5. The molecule has 0 radical (unpaired) electrons. The molecule has 0 spiro atoms. The van der Waals surface area contributed by atoms with E-state index in [4.69, 9.17) is 4.74 Å². The minimum atomic E-state index is -0.391. The molecule has 3 rings (SSSR count). The second kappa shape index (κ2) is 7.56. The minimum absolute atomic E-state index is 0.336. The van der Waals surface area contributed by atoms with Crippen LogP contribution in [-0.4, -0.2) is 33.2 Å².